The molecule has 1 aliphatic rings. The molecule has 0 bridgehead atoms. The van der Waals surface area contributed by atoms with Crippen molar-refractivity contribution >= 4 is 32.4 Å². The molecule has 1 fully saturated rings. The first-order chi connectivity index (χ1) is 11.9. The average Bonchev–Trinajstić information content (AvgIpc) is 3.00. The van der Waals surface area contributed by atoms with Crippen molar-refractivity contribution in [2.75, 3.05) is 18.4 Å². The van der Waals surface area contributed by atoms with Crippen molar-refractivity contribution in [3.8, 4) is 0 Å². The Morgan fingerprint density at radius 2 is 1.92 bits per heavy atom. The molecule has 8 heteroatoms. The van der Waals surface area contributed by atoms with E-state index in [1.54, 1.807) is 25.3 Å². The van der Waals surface area contributed by atoms with Crippen LogP contribution in [-0.2, 0) is 10.0 Å². The van der Waals surface area contributed by atoms with Crippen LogP contribution in [0.4, 0.5) is 5.13 Å². The van der Waals surface area contributed by atoms with Crippen LogP contribution in [-0.4, -0.2) is 36.7 Å². The highest BCUT2D eigenvalue weighted by Crippen LogP contribution is 2.25. The van der Waals surface area contributed by atoms with Gasteiger partial charge in [-0.25, -0.2) is 13.4 Å². The third-order valence-corrected chi connectivity index (χ3v) is 7.09. The summed E-state index contributed by atoms with van der Waals surface area (Å²) in [5.41, 5.74) is 0.959. The number of nitrogens with zero attached hydrogens (tertiary/aromatic N) is 2. The number of anilines is 1. The van der Waals surface area contributed by atoms with Gasteiger partial charge in [0.2, 0.25) is 10.0 Å². The number of carbonyl (C=O) groups is 1. The van der Waals surface area contributed by atoms with E-state index in [0.717, 1.165) is 24.1 Å². The minimum absolute atomic E-state index is 0.206. The zero-order valence-electron chi connectivity index (χ0n) is 14.3. The van der Waals surface area contributed by atoms with E-state index in [4.69, 9.17) is 0 Å². The van der Waals surface area contributed by atoms with E-state index in [1.165, 1.54) is 21.7 Å². The summed E-state index contributed by atoms with van der Waals surface area (Å²) in [7, 11) is -3.58. The molecule has 2 aromatic rings. The van der Waals surface area contributed by atoms with Crippen LogP contribution in [0.1, 0.15) is 40.1 Å². The van der Waals surface area contributed by atoms with Gasteiger partial charge in [-0.2, -0.15) is 4.31 Å². The molecule has 3 rings (SSSR count). The lowest BCUT2D eigenvalue weighted by Crippen LogP contribution is -2.36. The summed E-state index contributed by atoms with van der Waals surface area (Å²) in [5.74, 6) is -0.357. The fourth-order valence-corrected chi connectivity index (χ4v) is 5.27. The number of aromatic nitrogens is 1. The molecule has 0 radical (unpaired) electrons. The zero-order chi connectivity index (χ0) is 18.0. The van der Waals surface area contributed by atoms with Crippen molar-refractivity contribution in [3.63, 3.8) is 0 Å². The fraction of sp³-hybridized carbons (Fsp3) is 0.412. The first-order valence-electron chi connectivity index (χ1n) is 8.22. The maximum absolute atomic E-state index is 12.9. The minimum Gasteiger partial charge on any atom is -0.298 e. The normalized spacial score (nSPS) is 15.9. The summed E-state index contributed by atoms with van der Waals surface area (Å²) in [6, 6.07) is 4.79. The first-order valence-corrected chi connectivity index (χ1v) is 10.5. The van der Waals surface area contributed by atoms with Crippen molar-refractivity contribution < 1.29 is 13.2 Å². The summed E-state index contributed by atoms with van der Waals surface area (Å²) in [6.07, 6.45) is 4.49. The number of benzene rings is 1. The van der Waals surface area contributed by atoms with Crippen LogP contribution in [0.25, 0.3) is 0 Å². The molecule has 2 heterocycles. The Labute approximate surface area is 151 Å². The maximum Gasteiger partial charge on any atom is 0.257 e. The van der Waals surface area contributed by atoms with Crippen LogP contribution in [0.15, 0.2) is 29.3 Å². The van der Waals surface area contributed by atoms with Crippen molar-refractivity contribution in [2.45, 2.75) is 38.0 Å². The summed E-state index contributed by atoms with van der Waals surface area (Å²) in [4.78, 5) is 17.7. The summed E-state index contributed by atoms with van der Waals surface area (Å²) >= 11 is 1.38. The van der Waals surface area contributed by atoms with E-state index >= 15 is 0 Å². The Morgan fingerprint density at radius 1 is 1.20 bits per heavy atom. The van der Waals surface area contributed by atoms with Crippen LogP contribution in [0.2, 0.25) is 0 Å². The molecule has 0 unspecified atom stereocenters. The largest absolute Gasteiger partial charge is 0.298 e. The molecule has 1 N–H and O–H groups in total. The van der Waals surface area contributed by atoms with Gasteiger partial charge >= 0.3 is 0 Å². The highest BCUT2D eigenvalue weighted by molar-refractivity contribution is 7.89. The molecule has 134 valence electrons. The molecule has 0 atom stereocenters. The van der Waals surface area contributed by atoms with E-state index < -0.39 is 10.0 Å². The number of nitrogens with one attached hydrogen (secondary N) is 1. The standard InChI is InChI=1S/C17H21N3O3S2/c1-12-6-7-14(16(21)19-17-18-11-13(2)24-17)10-15(12)25(22,23)20-8-4-3-5-9-20/h6-7,10-11H,3-5,8-9H2,1-2H3,(H,18,19,21). The smallest absolute Gasteiger partial charge is 0.257 e. The zero-order valence-corrected chi connectivity index (χ0v) is 15.9. The Morgan fingerprint density at radius 3 is 2.56 bits per heavy atom. The van der Waals surface area contributed by atoms with Crippen molar-refractivity contribution in [3.05, 3.63) is 40.4 Å². The molecule has 1 amide bonds. The van der Waals surface area contributed by atoms with E-state index in [1.807, 2.05) is 6.92 Å². The van der Waals surface area contributed by atoms with Crippen LogP contribution in [0, 0.1) is 13.8 Å². The molecule has 6 nitrogen and oxygen atoms in total. The van der Waals surface area contributed by atoms with E-state index in [2.05, 4.69) is 10.3 Å². The minimum atomic E-state index is -3.58. The number of hydrogen-bond acceptors (Lipinski definition) is 5. The van der Waals surface area contributed by atoms with Gasteiger partial charge in [0, 0.05) is 29.7 Å². The monoisotopic (exact) mass is 379 g/mol. The quantitative estimate of drug-likeness (QED) is 0.885. The second kappa shape index (κ2) is 7.23. The highest BCUT2D eigenvalue weighted by Gasteiger charge is 2.28. The van der Waals surface area contributed by atoms with Crippen LogP contribution < -0.4 is 5.32 Å². The molecular weight excluding hydrogens is 358 g/mol. The lowest BCUT2D eigenvalue weighted by molar-refractivity contribution is 0.102. The summed E-state index contributed by atoms with van der Waals surface area (Å²) in [6.45, 7) is 4.73. The average molecular weight is 380 g/mol. The van der Waals surface area contributed by atoms with Gasteiger partial charge in [-0.15, -0.1) is 11.3 Å². The van der Waals surface area contributed by atoms with Gasteiger partial charge in [0.25, 0.3) is 5.91 Å². The van der Waals surface area contributed by atoms with Gasteiger partial charge in [-0.3, -0.25) is 10.1 Å². The molecule has 0 aliphatic carbocycles. The lowest BCUT2D eigenvalue weighted by atomic mass is 10.1. The molecule has 25 heavy (non-hydrogen) atoms. The molecule has 0 spiro atoms. The number of rotatable bonds is 4. The van der Waals surface area contributed by atoms with Gasteiger partial charge in [-0.1, -0.05) is 12.5 Å². The number of aryl methyl sites for hydroxylation is 2. The molecule has 1 saturated heterocycles. The Balaban J connectivity index is 1.88. The molecule has 1 aromatic heterocycles. The summed E-state index contributed by atoms with van der Waals surface area (Å²) in [5, 5.41) is 3.22. The van der Waals surface area contributed by atoms with Gasteiger partial charge < -0.3 is 0 Å². The molecule has 0 saturated carbocycles. The Kier molecular flexibility index (Phi) is 5.21. The van der Waals surface area contributed by atoms with E-state index in [0.29, 0.717) is 29.3 Å². The Hall–Kier alpha value is -1.77. The Bertz CT molecular complexity index is 884. The fourth-order valence-electron chi connectivity index (χ4n) is 2.85. The van der Waals surface area contributed by atoms with E-state index in [9.17, 15) is 13.2 Å². The second-order valence-corrected chi connectivity index (χ2v) is 9.32. The van der Waals surface area contributed by atoms with Crippen molar-refractivity contribution in [1.29, 1.82) is 0 Å². The van der Waals surface area contributed by atoms with E-state index in [-0.39, 0.29) is 10.8 Å². The predicted octanol–water partition coefficient (Wildman–Crippen LogP) is 3.19. The van der Waals surface area contributed by atoms with Crippen molar-refractivity contribution in [2.24, 2.45) is 0 Å². The predicted molar refractivity (Wildman–Crippen MR) is 98.6 cm³/mol. The first kappa shape index (κ1) is 18.0. The number of carbonyl (C=O) groups excluding carboxylic acids is 1. The van der Waals surface area contributed by atoms with Crippen molar-refractivity contribution in [1.82, 2.24) is 9.29 Å². The molecule has 1 aromatic carbocycles. The van der Waals surface area contributed by atoms with Gasteiger partial charge in [0.15, 0.2) is 5.13 Å². The number of piperidine rings is 1. The maximum atomic E-state index is 12.9. The summed E-state index contributed by atoms with van der Waals surface area (Å²) < 4.78 is 27.4. The number of hydrogen-bond donors (Lipinski definition) is 1. The van der Waals surface area contributed by atoms with Gasteiger partial charge in [0.05, 0.1) is 4.90 Å². The number of sulfonamides is 1. The SMILES string of the molecule is Cc1cnc(NC(=O)c2ccc(C)c(S(=O)(=O)N3CCCCC3)c2)s1. The van der Waals surface area contributed by atoms with Crippen LogP contribution >= 0.6 is 11.3 Å². The molecule has 1 aliphatic heterocycles. The number of amides is 1. The lowest BCUT2D eigenvalue weighted by Gasteiger charge is -2.26. The number of thiazole rings is 1. The van der Waals surface area contributed by atoms with Gasteiger partial charge in [-0.05, 0) is 44.4 Å². The van der Waals surface area contributed by atoms with Crippen LogP contribution in [0.5, 0.6) is 0 Å². The second-order valence-electron chi connectivity index (χ2n) is 6.18. The molecular formula is C17H21N3O3S2. The third-order valence-electron chi connectivity index (χ3n) is 4.22. The highest BCUT2D eigenvalue weighted by atomic mass is 32.2. The van der Waals surface area contributed by atoms with Gasteiger partial charge in [0.1, 0.15) is 0 Å². The van der Waals surface area contributed by atoms with Crippen LogP contribution in [0.3, 0.4) is 0 Å². The topological polar surface area (TPSA) is 79.4 Å². The third kappa shape index (κ3) is 3.91.